The van der Waals surface area contributed by atoms with Gasteiger partial charge in [-0.2, -0.15) is 0 Å². The molecule has 2 aromatic carbocycles. The van der Waals surface area contributed by atoms with Crippen LogP contribution in [0.2, 0.25) is 5.02 Å². The minimum Gasteiger partial charge on any atom is -0.487 e. The van der Waals surface area contributed by atoms with Crippen molar-refractivity contribution in [3.8, 4) is 5.75 Å². The Morgan fingerprint density at radius 1 is 1.25 bits per heavy atom. The molecule has 0 aliphatic rings. The van der Waals surface area contributed by atoms with E-state index in [9.17, 15) is 9.50 Å². The van der Waals surface area contributed by atoms with Gasteiger partial charge in [0.05, 0.1) is 11.1 Å². The maximum atomic E-state index is 13.2. The van der Waals surface area contributed by atoms with Crippen LogP contribution >= 0.6 is 11.6 Å². The fraction of sp³-hybridized carbons (Fsp3) is 0.250. The summed E-state index contributed by atoms with van der Waals surface area (Å²) >= 11 is 6.10. The summed E-state index contributed by atoms with van der Waals surface area (Å²) in [5.74, 6) is 0.226. The molecule has 20 heavy (non-hydrogen) atoms. The Morgan fingerprint density at radius 3 is 2.65 bits per heavy atom. The fourth-order valence-corrected chi connectivity index (χ4v) is 2.09. The third-order valence-corrected chi connectivity index (χ3v) is 3.43. The van der Waals surface area contributed by atoms with Gasteiger partial charge in [-0.3, -0.25) is 0 Å². The Bertz CT molecular complexity index is 611. The molecule has 2 nitrogen and oxygen atoms in total. The SMILES string of the molecule is Cc1ccc(F)cc1COc1ccc([C@H](C)O)cc1Cl. The summed E-state index contributed by atoms with van der Waals surface area (Å²) in [5.41, 5.74) is 2.47. The van der Waals surface area contributed by atoms with Gasteiger partial charge in [0.1, 0.15) is 18.2 Å². The van der Waals surface area contributed by atoms with Crippen LogP contribution in [0, 0.1) is 12.7 Å². The number of benzene rings is 2. The van der Waals surface area contributed by atoms with Gasteiger partial charge in [-0.1, -0.05) is 23.7 Å². The maximum absolute atomic E-state index is 13.2. The molecule has 1 N–H and O–H groups in total. The zero-order valence-corrected chi connectivity index (χ0v) is 12.1. The predicted octanol–water partition coefficient (Wildman–Crippen LogP) is 4.42. The van der Waals surface area contributed by atoms with Gasteiger partial charge in [0.15, 0.2) is 0 Å². The van der Waals surface area contributed by atoms with E-state index < -0.39 is 6.10 Å². The lowest BCUT2D eigenvalue weighted by molar-refractivity contribution is 0.199. The zero-order chi connectivity index (χ0) is 14.7. The molecule has 0 radical (unpaired) electrons. The Hall–Kier alpha value is -1.58. The minimum absolute atomic E-state index is 0.247. The van der Waals surface area contributed by atoms with Crippen molar-refractivity contribution in [1.82, 2.24) is 0 Å². The third kappa shape index (κ3) is 3.50. The number of aryl methyl sites for hydroxylation is 1. The summed E-state index contributed by atoms with van der Waals surface area (Å²) < 4.78 is 18.8. The van der Waals surface area contributed by atoms with Crippen molar-refractivity contribution in [1.29, 1.82) is 0 Å². The zero-order valence-electron chi connectivity index (χ0n) is 11.4. The molecule has 0 bridgehead atoms. The lowest BCUT2D eigenvalue weighted by Gasteiger charge is -2.12. The summed E-state index contributed by atoms with van der Waals surface area (Å²) in [4.78, 5) is 0. The van der Waals surface area contributed by atoms with Gasteiger partial charge in [-0.25, -0.2) is 4.39 Å². The van der Waals surface area contributed by atoms with Crippen LogP contribution in [0.5, 0.6) is 5.75 Å². The first-order valence-corrected chi connectivity index (χ1v) is 6.70. The van der Waals surface area contributed by atoms with E-state index in [0.29, 0.717) is 10.8 Å². The van der Waals surface area contributed by atoms with Crippen LogP contribution in [0.1, 0.15) is 29.7 Å². The molecule has 0 heterocycles. The summed E-state index contributed by atoms with van der Waals surface area (Å²) in [6, 6.07) is 9.71. The Balaban J connectivity index is 2.13. The molecule has 2 rings (SSSR count). The van der Waals surface area contributed by atoms with Crippen molar-refractivity contribution < 1.29 is 14.2 Å². The number of ether oxygens (including phenoxy) is 1. The lowest BCUT2D eigenvalue weighted by atomic mass is 10.1. The number of rotatable bonds is 4. The van der Waals surface area contributed by atoms with Gasteiger partial charge in [0.25, 0.3) is 0 Å². The van der Waals surface area contributed by atoms with Gasteiger partial charge in [-0.05, 0) is 54.8 Å². The molecular formula is C16H16ClFO2. The maximum Gasteiger partial charge on any atom is 0.138 e. The summed E-state index contributed by atoms with van der Waals surface area (Å²) in [7, 11) is 0. The average Bonchev–Trinajstić information content (AvgIpc) is 2.40. The van der Waals surface area contributed by atoms with Crippen LogP contribution in [0.3, 0.4) is 0 Å². The summed E-state index contributed by atoms with van der Waals surface area (Å²) in [6.45, 7) is 3.82. The summed E-state index contributed by atoms with van der Waals surface area (Å²) in [6.07, 6.45) is -0.577. The van der Waals surface area contributed by atoms with Crippen molar-refractivity contribution in [2.24, 2.45) is 0 Å². The number of aliphatic hydroxyl groups is 1. The van der Waals surface area contributed by atoms with Crippen LogP contribution in [-0.4, -0.2) is 5.11 Å². The van der Waals surface area contributed by atoms with Gasteiger partial charge in [0.2, 0.25) is 0 Å². The van der Waals surface area contributed by atoms with E-state index in [1.54, 1.807) is 31.2 Å². The molecule has 0 unspecified atom stereocenters. The standard InChI is InChI=1S/C16H16ClFO2/c1-10-3-5-14(18)7-13(10)9-20-16-6-4-12(11(2)19)8-15(16)17/h3-8,11,19H,9H2,1-2H3/t11-/m0/s1. The first kappa shape index (κ1) is 14.8. The molecule has 0 fully saturated rings. The van der Waals surface area contributed by atoms with Crippen molar-refractivity contribution >= 4 is 11.6 Å². The van der Waals surface area contributed by atoms with E-state index in [1.165, 1.54) is 12.1 Å². The Labute approximate surface area is 122 Å². The second-order valence-electron chi connectivity index (χ2n) is 4.73. The van der Waals surface area contributed by atoms with Crippen LogP contribution < -0.4 is 4.74 Å². The molecule has 0 aliphatic carbocycles. The van der Waals surface area contributed by atoms with E-state index in [0.717, 1.165) is 16.7 Å². The highest BCUT2D eigenvalue weighted by molar-refractivity contribution is 6.32. The molecule has 1 atom stereocenters. The third-order valence-electron chi connectivity index (χ3n) is 3.13. The van der Waals surface area contributed by atoms with E-state index in [4.69, 9.17) is 16.3 Å². The van der Waals surface area contributed by atoms with E-state index >= 15 is 0 Å². The van der Waals surface area contributed by atoms with E-state index in [1.807, 2.05) is 6.92 Å². The predicted molar refractivity (Wildman–Crippen MR) is 77.6 cm³/mol. The highest BCUT2D eigenvalue weighted by atomic mass is 35.5. The first-order chi connectivity index (χ1) is 9.47. The highest BCUT2D eigenvalue weighted by Crippen LogP contribution is 2.28. The minimum atomic E-state index is -0.577. The number of halogens is 2. The van der Waals surface area contributed by atoms with Crippen molar-refractivity contribution in [2.75, 3.05) is 0 Å². The fourth-order valence-electron chi connectivity index (χ4n) is 1.85. The molecule has 0 aliphatic heterocycles. The average molecular weight is 295 g/mol. The van der Waals surface area contributed by atoms with Gasteiger partial charge >= 0.3 is 0 Å². The number of hydrogen-bond acceptors (Lipinski definition) is 2. The van der Waals surface area contributed by atoms with Crippen molar-refractivity contribution in [3.63, 3.8) is 0 Å². The smallest absolute Gasteiger partial charge is 0.138 e. The van der Waals surface area contributed by atoms with E-state index in [2.05, 4.69) is 0 Å². The Morgan fingerprint density at radius 2 is 2.00 bits per heavy atom. The van der Waals surface area contributed by atoms with Crippen LogP contribution in [-0.2, 0) is 6.61 Å². The largest absolute Gasteiger partial charge is 0.487 e. The number of hydrogen-bond donors (Lipinski definition) is 1. The van der Waals surface area contributed by atoms with Gasteiger partial charge in [-0.15, -0.1) is 0 Å². The van der Waals surface area contributed by atoms with Crippen LogP contribution in [0.15, 0.2) is 36.4 Å². The van der Waals surface area contributed by atoms with Crippen molar-refractivity contribution in [3.05, 3.63) is 63.9 Å². The molecule has 0 spiro atoms. The van der Waals surface area contributed by atoms with E-state index in [-0.39, 0.29) is 12.4 Å². The highest BCUT2D eigenvalue weighted by Gasteiger charge is 2.08. The quantitative estimate of drug-likeness (QED) is 0.904. The molecule has 4 heteroatoms. The van der Waals surface area contributed by atoms with Gasteiger partial charge in [0, 0.05) is 0 Å². The van der Waals surface area contributed by atoms with Gasteiger partial charge < -0.3 is 9.84 Å². The molecule has 0 saturated carbocycles. The van der Waals surface area contributed by atoms with Crippen LogP contribution in [0.4, 0.5) is 4.39 Å². The lowest BCUT2D eigenvalue weighted by Crippen LogP contribution is -2.00. The topological polar surface area (TPSA) is 29.5 Å². The first-order valence-electron chi connectivity index (χ1n) is 6.32. The van der Waals surface area contributed by atoms with Crippen LogP contribution in [0.25, 0.3) is 0 Å². The number of aliphatic hydroxyl groups excluding tert-OH is 1. The second-order valence-corrected chi connectivity index (χ2v) is 5.13. The molecule has 2 aromatic rings. The normalized spacial score (nSPS) is 12.2. The summed E-state index contributed by atoms with van der Waals surface area (Å²) in [5, 5.41) is 9.90. The molecule has 0 amide bonds. The molecule has 0 aromatic heterocycles. The van der Waals surface area contributed by atoms with Crippen molar-refractivity contribution in [2.45, 2.75) is 26.6 Å². The molecule has 106 valence electrons. The monoisotopic (exact) mass is 294 g/mol. The molecular weight excluding hydrogens is 279 g/mol. The molecule has 0 saturated heterocycles. The Kier molecular flexibility index (Phi) is 4.63. The second kappa shape index (κ2) is 6.25.